The molecule has 0 fully saturated rings. The van der Waals surface area contributed by atoms with Gasteiger partial charge in [-0.15, -0.1) is 0 Å². The summed E-state index contributed by atoms with van der Waals surface area (Å²) in [5.74, 6) is -0.475. The highest BCUT2D eigenvalue weighted by atomic mass is 16.5. The van der Waals surface area contributed by atoms with Gasteiger partial charge in [-0.3, -0.25) is 4.79 Å². The molecule has 0 aliphatic heterocycles. The van der Waals surface area contributed by atoms with Crippen molar-refractivity contribution >= 4 is 11.9 Å². The van der Waals surface area contributed by atoms with Gasteiger partial charge in [0.1, 0.15) is 0 Å². The van der Waals surface area contributed by atoms with Gasteiger partial charge in [0.05, 0.1) is 14.2 Å². The molecule has 1 rings (SSSR count). The molecule has 0 aliphatic rings. The first-order chi connectivity index (χ1) is 9.06. The first-order valence-corrected chi connectivity index (χ1v) is 5.46. The van der Waals surface area contributed by atoms with E-state index >= 15 is 0 Å². The van der Waals surface area contributed by atoms with Gasteiger partial charge in [0.15, 0.2) is 11.5 Å². The summed E-state index contributed by atoms with van der Waals surface area (Å²) in [4.78, 5) is 21.5. The van der Waals surface area contributed by atoms with E-state index in [1.807, 2.05) is 0 Å². The first-order valence-electron chi connectivity index (χ1n) is 5.46. The van der Waals surface area contributed by atoms with E-state index in [0.717, 1.165) is 17.7 Å². The monoisotopic (exact) mass is 265 g/mol. The zero-order chi connectivity index (χ0) is 14.3. The van der Waals surface area contributed by atoms with Crippen molar-refractivity contribution < 1.29 is 24.2 Å². The number of rotatable bonds is 6. The lowest BCUT2D eigenvalue weighted by molar-refractivity contribution is -0.131. The van der Waals surface area contributed by atoms with Crippen LogP contribution in [0.15, 0.2) is 30.4 Å². The van der Waals surface area contributed by atoms with Crippen LogP contribution in [-0.2, 0) is 16.1 Å². The zero-order valence-electron chi connectivity index (χ0n) is 10.7. The largest absolute Gasteiger partial charge is 0.493 e. The van der Waals surface area contributed by atoms with E-state index in [1.165, 1.54) is 14.2 Å². The third-order valence-electron chi connectivity index (χ3n) is 2.29. The molecule has 0 saturated carbocycles. The smallest absolute Gasteiger partial charge is 0.328 e. The number of nitrogens with one attached hydrogen (secondary N) is 1. The van der Waals surface area contributed by atoms with Crippen molar-refractivity contribution in [3.63, 3.8) is 0 Å². The molecule has 0 spiro atoms. The van der Waals surface area contributed by atoms with E-state index in [1.54, 1.807) is 18.2 Å². The van der Waals surface area contributed by atoms with Crippen LogP contribution in [0.3, 0.4) is 0 Å². The van der Waals surface area contributed by atoms with Crippen LogP contribution in [0.1, 0.15) is 5.56 Å². The number of benzene rings is 1. The predicted octanol–water partition coefficient (Wildman–Crippen LogP) is 0.961. The summed E-state index contributed by atoms with van der Waals surface area (Å²) in [6.07, 6.45) is 1.74. The van der Waals surface area contributed by atoms with Gasteiger partial charge < -0.3 is 19.9 Å². The van der Waals surface area contributed by atoms with Crippen molar-refractivity contribution in [2.45, 2.75) is 6.54 Å². The Balaban J connectivity index is 2.63. The van der Waals surface area contributed by atoms with Crippen molar-refractivity contribution in [2.75, 3.05) is 14.2 Å². The zero-order valence-corrected chi connectivity index (χ0v) is 10.7. The van der Waals surface area contributed by atoms with Crippen LogP contribution in [0.25, 0.3) is 0 Å². The quantitative estimate of drug-likeness (QED) is 0.748. The van der Waals surface area contributed by atoms with Crippen LogP contribution in [0, 0.1) is 0 Å². The maximum absolute atomic E-state index is 11.3. The summed E-state index contributed by atoms with van der Waals surface area (Å²) in [5.41, 5.74) is 0.815. The van der Waals surface area contributed by atoms with Crippen molar-refractivity contribution in [3.8, 4) is 11.5 Å². The molecule has 0 aromatic heterocycles. The van der Waals surface area contributed by atoms with Crippen molar-refractivity contribution in [2.24, 2.45) is 0 Å². The van der Waals surface area contributed by atoms with Gasteiger partial charge in [-0.2, -0.15) is 0 Å². The van der Waals surface area contributed by atoms with Gasteiger partial charge in [0, 0.05) is 18.7 Å². The van der Waals surface area contributed by atoms with Crippen LogP contribution in [-0.4, -0.2) is 31.2 Å². The number of ether oxygens (including phenoxy) is 2. The number of hydrogen-bond acceptors (Lipinski definition) is 4. The summed E-state index contributed by atoms with van der Waals surface area (Å²) in [6.45, 7) is 0.267. The second kappa shape index (κ2) is 7.05. The number of carboxylic acid groups (broad SMARTS) is 1. The van der Waals surface area contributed by atoms with Crippen LogP contribution < -0.4 is 14.8 Å². The van der Waals surface area contributed by atoms with E-state index in [0.29, 0.717) is 11.5 Å². The van der Waals surface area contributed by atoms with Crippen LogP contribution in [0.5, 0.6) is 11.5 Å². The van der Waals surface area contributed by atoms with Crippen molar-refractivity contribution in [1.82, 2.24) is 5.32 Å². The Morgan fingerprint density at radius 1 is 1.21 bits per heavy atom. The van der Waals surface area contributed by atoms with Gasteiger partial charge in [-0.25, -0.2) is 4.79 Å². The second-order valence-corrected chi connectivity index (χ2v) is 3.58. The van der Waals surface area contributed by atoms with E-state index in [4.69, 9.17) is 14.6 Å². The molecule has 0 saturated heterocycles. The van der Waals surface area contributed by atoms with E-state index in [-0.39, 0.29) is 6.54 Å². The third-order valence-corrected chi connectivity index (χ3v) is 2.29. The highest BCUT2D eigenvalue weighted by Gasteiger charge is 2.05. The van der Waals surface area contributed by atoms with Gasteiger partial charge in [0.2, 0.25) is 5.91 Å². The fraction of sp³-hybridized carbons (Fsp3) is 0.231. The highest BCUT2D eigenvalue weighted by Crippen LogP contribution is 2.27. The molecule has 1 amide bonds. The molecule has 0 unspecified atom stereocenters. The molecule has 0 aliphatic carbocycles. The highest BCUT2D eigenvalue weighted by molar-refractivity contribution is 5.93. The molecule has 0 heterocycles. The van der Waals surface area contributed by atoms with E-state index in [9.17, 15) is 9.59 Å². The van der Waals surface area contributed by atoms with Gasteiger partial charge in [-0.05, 0) is 17.7 Å². The lowest BCUT2D eigenvalue weighted by atomic mass is 10.2. The number of carbonyl (C=O) groups is 2. The predicted molar refractivity (Wildman–Crippen MR) is 68.2 cm³/mol. The maximum Gasteiger partial charge on any atom is 0.328 e. The van der Waals surface area contributed by atoms with Crippen molar-refractivity contribution in [1.29, 1.82) is 0 Å². The Morgan fingerprint density at radius 2 is 1.89 bits per heavy atom. The molecule has 2 N–H and O–H groups in total. The SMILES string of the molecule is COc1ccc(CNC(=O)/C=C/C(=O)O)cc1OC. The van der Waals surface area contributed by atoms with E-state index in [2.05, 4.69) is 5.32 Å². The fourth-order valence-electron chi connectivity index (χ4n) is 1.39. The van der Waals surface area contributed by atoms with Gasteiger partial charge >= 0.3 is 5.97 Å². The Labute approximate surface area is 110 Å². The lowest BCUT2D eigenvalue weighted by Gasteiger charge is -2.09. The standard InChI is InChI=1S/C13H15NO5/c1-18-10-4-3-9(7-11(10)19-2)8-14-12(15)5-6-13(16)17/h3-7H,8H2,1-2H3,(H,14,15)(H,16,17)/b6-5+. The number of carboxylic acids is 1. The average Bonchev–Trinajstić information content (AvgIpc) is 2.42. The van der Waals surface area contributed by atoms with Crippen LogP contribution in [0.2, 0.25) is 0 Å². The molecule has 6 nitrogen and oxygen atoms in total. The number of amides is 1. The molecular weight excluding hydrogens is 250 g/mol. The van der Waals surface area contributed by atoms with Gasteiger partial charge in [-0.1, -0.05) is 6.07 Å². The third kappa shape index (κ3) is 4.71. The summed E-state index contributed by atoms with van der Waals surface area (Å²) < 4.78 is 10.2. The van der Waals surface area contributed by atoms with E-state index < -0.39 is 11.9 Å². The first kappa shape index (κ1) is 14.6. The minimum Gasteiger partial charge on any atom is -0.493 e. The number of carbonyl (C=O) groups excluding carboxylic acids is 1. The molecular formula is C13H15NO5. The topological polar surface area (TPSA) is 84.9 Å². The summed E-state index contributed by atoms with van der Waals surface area (Å²) in [7, 11) is 3.06. The lowest BCUT2D eigenvalue weighted by Crippen LogP contribution is -2.20. The normalized spacial score (nSPS) is 10.2. The Morgan fingerprint density at radius 3 is 2.47 bits per heavy atom. The molecule has 6 heteroatoms. The number of methoxy groups -OCH3 is 2. The molecule has 1 aromatic carbocycles. The van der Waals surface area contributed by atoms with Gasteiger partial charge in [0.25, 0.3) is 0 Å². The minimum absolute atomic E-state index is 0.267. The molecule has 1 aromatic rings. The Hall–Kier alpha value is -2.50. The maximum atomic E-state index is 11.3. The second-order valence-electron chi connectivity index (χ2n) is 3.58. The molecule has 0 atom stereocenters. The Kier molecular flexibility index (Phi) is 5.40. The fourth-order valence-corrected chi connectivity index (χ4v) is 1.39. The summed E-state index contributed by atoms with van der Waals surface area (Å²) in [5, 5.41) is 10.9. The minimum atomic E-state index is -1.17. The molecule has 102 valence electrons. The summed E-state index contributed by atoms with van der Waals surface area (Å²) in [6, 6.07) is 5.25. The number of hydrogen-bond donors (Lipinski definition) is 2. The van der Waals surface area contributed by atoms with Crippen LogP contribution in [0.4, 0.5) is 0 Å². The summed E-state index contributed by atoms with van der Waals surface area (Å²) >= 11 is 0. The number of aliphatic carboxylic acids is 1. The molecule has 19 heavy (non-hydrogen) atoms. The average molecular weight is 265 g/mol. The molecule has 0 radical (unpaired) electrons. The van der Waals surface area contributed by atoms with Crippen molar-refractivity contribution in [3.05, 3.63) is 35.9 Å². The van der Waals surface area contributed by atoms with Crippen LogP contribution >= 0.6 is 0 Å². The molecule has 0 bridgehead atoms. The Bertz CT molecular complexity index is 496.